The van der Waals surface area contributed by atoms with Crippen LogP contribution in [0.15, 0.2) is 18.2 Å². The Balaban J connectivity index is 2.04. The van der Waals surface area contributed by atoms with Crippen LogP contribution in [-0.2, 0) is 10.2 Å². The molecule has 2 rings (SSSR count). The van der Waals surface area contributed by atoms with Crippen molar-refractivity contribution in [3.8, 4) is 11.5 Å². The van der Waals surface area contributed by atoms with E-state index < -0.39 is 6.04 Å². The first-order valence-corrected chi connectivity index (χ1v) is 7.55. The number of amides is 1. The molecule has 0 aromatic heterocycles. The van der Waals surface area contributed by atoms with Gasteiger partial charge in [-0.15, -0.1) is 0 Å². The van der Waals surface area contributed by atoms with Crippen LogP contribution in [0.3, 0.4) is 0 Å². The van der Waals surface area contributed by atoms with Crippen molar-refractivity contribution in [1.29, 1.82) is 0 Å². The number of benzene rings is 1. The molecule has 0 saturated heterocycles. The van der Waals surface area contributed by atoms with Crippen LogP contribution >= 0.6 is 0 Å². The Morgan fingerprint density at radius 2 is 1.86 bits per heavy atom. The SMILES string of the molecule is CC(C)(CNC(=O)[C@@H](N)C(C)(C)C)c1ccc2c(c1)OCO2. The number of nitrogens with two attached hydrogens (primary N) is 1. The van der Waals surface area contributed by atoms with Crippen LogP contribution in [-0.4, -0.2) is 25.3 Å². The quantitative estimate of drug-likeness (QED) is 0.894. The van der Waals surface area contributed by atoms with Gasteiger partial charge in [-0.25, -0.2) is 0 Å². The number of hydrogen-bond acceptors (Lipinski definition) is 4. The van der Waals surface area contributed by atoms with E-state index in [1.165, 1.54) is 0 Å². The molecule has 0 unspecified atom stereocenters. The molecule has 1 aliphatic heterocycles. The average molecular weight is 306 g/mol. The monoisotopic (exact) mass is 306 g/mol. The fourth-order valence-electron chi connectivity index (χ4n) is 2.23. The van der Waals surface area contributed by atoms with Crippen molar-refractivity contribution in [3.05, 3.63) is 23.8 Å². The highest BCUT2D eigenvalue weighted by Gasteiger charge is 2.30. The molecule has 0 spiro atoms. The number of hydrogen-bond donors (Lipinski definition) is 2. The number of carbonyl (C=O) groups is 1. The standard InChI is InChI=1S/C17H26N2O3/c1-16(2,3)14(18)15(20)19-9-17(4,5)11-6-7-12-13(8-11)22-10-21-12/h6-8,14H,9-10,18H2,1-5H3,(H,19,20)/t14-/m1/s1. The van der Waals surface area contributed by atoms with Crippen molar-refractivity contribution in [2.75, 3.05) is 13.3 Å². The van der Waals surface area contributed by atoms with Gasteiger partial charge in [-0.3, -0.25) is 4.79 Å². The Hall–Kier alpha value is -1.75. The smallest absolute Gasteiger partial charge is 0.237 e. The third-order valence-electron chi connectivity index (χ3n) is 4.07. The van der Waals surface area contributed by atoms with Crippen LogP contribution < -0.4 is 20.5 Å². The van der Waals surface area contributed by atoms with E-state index in [1.54, 1.807) is 0 Å². The summed E-state index contributed by atoms with van der Waals surface area (Å²) < 4.78 is 10.7. The van der Waals surface area contributed by atoms with Gasteiger partial charge in [-0.1, -0.05) is 40.7 Å². The van der Waals surface area contributed by atoms with E-state index >= 15 is 0 Å². The second kappa shape index (κ2) is 5.80. The molecule has 0 bridgehead atoms. The van der Waals surface area contributed by atoms with Crippen molar-refractivity contribution in [1.82, 2.24) is 5.32 Å². The van der Waals surface area contributed by atoms with Crippen LogP contribution in [0.1, 0.15) is 40.2 Å². The van der Waals surface area contributed by atoms with E-state index in [4.69, 9.17) is 15.2 Å². The molecule has 1 heterocycles. The minimum atomic E-state index is -0.528. The molecule has 0 saturated carbocycles. The molecule has 1 aliphatic rings. The summed E-state index contributed by atoms with van der Waals surface area (Å²) in [5.41, 5.74) is 6.59. The summed E-state index contributed by atoms with van der Waals surface area (Å²) in [5, 5.41) is 2.96. The predicted molar refractivity (Wildman–Crippen MR) is 86.0 cm³/mol. The molecule has 0 radical (unpaired) electrons. The minimum Gasteiger partial charge on any atom is -0.454 e. The zero-order chi connectivity index (χ0) is 16.5. The number of rotatable bonds is 4. The molecule has 1 aromatic carbocycles. The summed E-state index contributed by atoms with van der Waals surface area (Å²) in [4.78, 5) is 12.2. The predicted octanol–water partition coefficient (Wildman–Crippen LogP) is 2.18. The number of fused-ring (bicyclic) bond motifs is 1. The molecule has 5 nitrogen and oxygen atoms in total. The lowest BCUT2D eigenvalue weighted by Crippen LogP contribution is -2.50. The topological polar surface area (TPSA) is 73.6 Å². The van der Waals surface area contributed by atoms with Crippen molar-refractivity contribution in [2.24, 2.45) is 11.1 Å². The van der Waals surface area contributed by atoms with Crippen molar-refractivity contribution < 1.29 is 14.3 Å². The van der Waals surface area contributed by atoms with E-state index in [-0.39, 0.29) is 23.5 Å². The van der Waals surface area contributed by atoms with E-state index in [9.17, 15) is 4.79 Å². The first-order chi connectivity index (χ1) is 10.1. The van der Waals surface area contributed by atoms with Crippen LogP contribution in [0, 0.1) is 5.41 Å². The third kappa shape index (κ3) is 3.53. The molecule has 1 aromatic rings. The van der Waals surface area contributed by atoms with Gasteiger partial charge in [0.2, 0.25) is 12.7 Å². The van der Waals surface area contributed by atoms with Gasteiger partial charge in [-0.05, 0) is 23.1 Å². The zero-order valence-electron chi connectivity index (χ0n) is 14.0. The maximum Gasteiger partial charge on any atom is 0.237 e. The van der Waals surface area contributed by atoms with Gasteiger partial charge in [0.1, 0.15) is 0 Å². The second-order valence-corrected chi connectivity index (χ2v) is 7.51. The molecule has 0 aliphatic carbocycles. The lowest BCUT2D eigenvalue weighted by molar-refractivity contribution is -0.124. The number of nitrogens with one attached hydrogen (secondary N) is 1. The Morgan fingerprint density at radius 3 is 2.50 bits per heavy atom. The lowest BCUT2D eigenvalue weighted by atomic mass is 9.83. The van der Waals surface area contributed by atoms with Gasteiger partial charge < -0.3 is 20.5 Å². The van der Waals surface area contributed by atoms with Gasteiger partial charge in [0.05, 0.1) is 6.04 Å². The van der Waals surface area contributed by atoms with Crippen molar-refractivity contribution in [2.45, 2.75) is 46.1 Å². The first kappa shape index (κ1) is 16.6. The van der Waals surface area contributed by atoms with E-state index in [0.29, 0.717) is 6.54 Å². The maximum absolute atomic E-state index is 12.2. The van der Waals surface area contributed by atoms with Crippen LogP contribution in [0.2, 0.25) is 0 Å². The lowest BCUT2D eigenvalue weighted by Gasteiger charge is -2.30. The van der Waals surface area contributed by atoms with E-state index in [2.05, 4.69) is 19.2 Å². The van der Waals surface area contributed by atoms with Gasteiger partial charge in [0.25, 0.3) is 0 Å². The Bertz CT molecular complexity index is 562. The molecule has 122 valence electrons. The zero-order valence-corrected chi connectivity index (χ0v) is 14.0. The summed E-state index contributed by atoms with van der Waals surface area (Å²) >= 11 is 0. The number of carbonyl (C=O) groups excluding carboxylic acids is 1. The largest absolute Gasteiger partial charge is 0.454 e. The van der Waals surface area contributed by atoms with E-state index in [1.807, 2.05) is 39.0 Å². The average Bonchev–Trinajstić information content (AvgIpc) is 2.90. The molecular formula is C17H26N2O3. The highest BCUT2D eigenvalue weighted by atomic mass is 16.7. The van der Waals surface area contributed by atoms with Crippen LogP contribution in [0.4, 0.5) is 0 Å². The first-order valence-electron chi connectivity index (χ1n) is 7.55. The fourth-order valence-corrected chi connectivity index (χ4v) is 2.23. The summed E-state index contributed by atoms with van der Waals surface area (Å²) in [7, 11) is 0. The Labute approximate surface area is 132 Å². The molecule has 1 amide bonds. The summed E-state index contributed by atoms with van der Waals surface area (Å²) in [6.07, 6.45) is 0. The van der Waals surface area contributed by atoms with E-state index in [0.717, 1.165) is 17.1 Å². The summed E-state index contributed by atoms with van der Waals surface area (Å²) in [6.45, 7) is 10.8. The van der Waals surface area contributed by atoms with Gasteiger partial charge >= 0.3 is 0 Å². The maximum atomic E-state index is 12.2. The second-order valence-electron chi connectivity index (χ2n) is 7.51. The normalized spacial score (nSPS) is 15.5. The summed E-state index contributed by atoms with van der Waals surface area (Å²) in [5.74, 6) is 1.39. The van der Waals surface area contributed by atoms with Crippen LogP contribution in [0.25, 0.3) is 0 Å². The molecule has 0 fully saturated rings. The van der Waals surface area contributed by atoms with Gasteiger partial charge in [0, 0.05) is 12.0 Å². The van der Waals surface area contributed by atoms with Crippen molar-refractivity contribution in [3.63, 3.8) is 0 Å². The molecule has 5 heteroatoms. The highest BCUT2D eigenvalue weighted by molar-refractivity contribution is 5.82. The highest BCUT2D eigenvalue weighted by Crippen LogP contribution is 2.36. The molecule has 3 N–H and O–H groups in total. The third-order valence-corrected chi connectivity index (χ3v) is 4.07. The Kier molecular flexibility index (Phi) is 4.38. The molecule has 1 atom stereocenters. The molecular weight excluding hydrogens is 280 g/mol. The molecule has 22 heavy (non-hydrogen) atoms. The van der Waals surface area contributed by atoms with Crippen molar-refractivity contribution >= 4 is 5.91 Å². The Morgan fingerprint density at radius 1 is 1.23 bits per heavy atom. The van der Waals surface area contributed by atoms with Gasteiger partial charge in [-0.2, -0.15) is 0 Å². The van der Waals surface area contributed by atoms with Gasteiger partial charge in [0.15, 0.2) is 11.5 Å². The minimum absolute atomic E-state index is 0.124. The van der Waals surface area contributed by atoms with Crippen LogP contribution in [0.5, 0.6) is 11.5 Å². The number of ether oxygens (including phenoxy) is 2. The summed E-state index contributed by atoms with van der Waals surface area (Å²) in [6, 6.07) is 5.35. The fraction of sp³-hybridized carbons (Fsp3) is 0.588.